The van der Waals surface area contributed by atoms with Gasteiger partial charge in [-0.25, -0.2) is 0 Å². The minimum atomic E-state index is -5.76. The molecule has 4 bridgehead atoms. The Kier molecular flexibility index (Phi) is 6.06. The van der Waals surface area contributed by atoms with Gasteiger partial charge in [0.05, 0.1) is 12.5 Å². The van der Waals surface area contributed by atoms with Gasteiger partial charge in [0.1, 0.15) is 0 Å². The molecule has 4 aliphatic carbocycles. The normalized spacial score (nSPS) is 36.8. The molecule has 4 saturated carbocycles. The molecule has 1 N–H and O–H groups in total. The lowest BCUT2D eigenvalue weighted by molar-refractivity contribution is -0.370. The van der Waals surface area contributed by atoms with Crippen molar-refractivity contribution in [3.05, 3.63) is 0 Å². The number of hydrogen-bond acceptors (Lipinski definition) is 3. The Bertz CT molecular complexity index is 661. The molecule has 0 aromatic rings. The lowest BCUT2D eigenvalue weighted by atomic mass is 9.67. The number of fused-ring (bicyclic) bond motifs is 9. The maximum atomic E-state index is 12.6. The average molecular weight is 456 g/mol. The molecule has 31 heavy (non-hydrogen) atoms. The first-order chi connectivity index (χ1) is 14.4. The molecule has 0 heterocycles. The fourth-order valence-corrected chi connectivity index (χ4v) is 7.40. The molecule has 7 atom stereocenters. The van der Waals surface area contributed by atoms with Crippen LogP contribution in [0, 0.1) is 41.4 Å². The van der Waals surface area contributed by atoms with E-state index in [1.54, 1.807) is 0 Å². The van der Waals surface area contributed by atoms with Crippen LogP contribution in [0.15, 0.2) is 0 Å². The number of unbranched alkanes of at least 4 members (excludes halogenated alkanes) is 3. The molecular weight excluding hydrogens is 426 g/mol. The van der Waals surface area contributed by atoms with Crippen LogP contribution < -0.4 is 0 Å². The van der Waals surface area contributed by atoms with Crippen molar-refractivity contribution >= 4 is 5.97 Å². The quantitative estimate of drug-likeness (QED) is 0.222. The van der Waals surface area contributed by atoms with E-state index in [-0.39, 0.29) is 24.9 Å². The van der Waals surface area contributed by atoms with Gasteiger partial charge in [0.25, 0.3) is 5.60 Å². The van der Waals surface area contributed by atoms with Gasteiger partial charge in [0.15, 0.2) is 0 Å². The Labute approximate surface area is 177 Å². The van der Waals surface area contributed by atoms with Crippen LogP contribution in [0.25, 0.3) is 0 Å². The summed E-state index contributed by atoms with van der Waals surface area (Å²) in [6.07, 6.45) is -6.57. The molecule has 7 unspecified atom stereocenters. The highest BCUT2D eigenvalue weighted by molar-refractivity contribution is 5.73. The molecule has 0 aromatic heterocycles. The van der Waals surface area contributed by atoms with Crippen LogP contribution in [-0.4, -0.2) is 35.6 Å². The molecule has 4 rings (SSSR count). The second-order valence-corrected chi connectivity index (χ2v) is 10.2. The molecule has 0 radical (unpaired) electrons. The number of rotatable bonds is 8. The van der Waals surface area contributed by atoms with Crippen LogP contribution in [0.4, 0.5) is 26.3 Å². The zero-order valence-electron chi connectivity index (χ0n) is 17.4. The number of esters is 1. The number of alkyl halides is 6. The Morgan fingerprint density at radius 3 is 2.06 bits per heavy atom. The first-order valence-corrected chi connectivity index (χ1v) is 11.5. The van der Waals surface area contributed by atoms with Crippen LogP contribution in [0.5, 0.6) is 0 Å². The van der Waals surface area contributed by atoms with E-state index in [1.165, 1.54) is 19.3 Å². The van der Waals surface area contributed by atoms with Crippen LogP contribution >= 0.6 is 0 Å². The Morgan fingerprint density at radius 1 is 0.806 bits per heavy atom. The topological polar surface area (TPSA) is 46.5 Å². The average Bonchev–Trinajstić information content (AvgIpc) is 3.43. The largest absolute Gasteiger partial charge is 0.465 e. The minimum Gasteiger partial charge on any atom is -0.465 e. The highest BCUT2D eigenvalue weighted by atomic mass is 19.4. The molecule has 9 heteroatoms. The van der Waals surface area contributed by atoms with Crippen molar-refractivity contribution in [3.63, 3.8) is 0 Å². The number of carbonyl (C=O) groups is 1. The van der Waals surface area contributed by atoms with E-state index in [2.05, 4.69) is 0 Å². The van der Waals surface area contributed by atoms with Crippen LogP contribution in [0.3, 0.4) is 0 Å². The summed E-state index contributed by atoms with van der Waals surface area (Å²) in [5.74, 6) is 3.96. The van der Waals surface area contributed by atoms with Crippen molar-refractivity contribution in [1.82, 2.24) is 0 Å². The van der Waals surface area contributed by atoms with Gasteiger partial charge in [-0.1, -0.05) is 12.8 Å². The van der Waals surface area contributed by atoms with Crippen molar-refractivity contribution in [2.45, 2.75) is 82.2 Å². The van der Waals surface area contributed by atoms with Crippen LogP contribution in [0.2, 0.25) is 0 Å². The molecule has 4 aliphatic rings. The lowest BCUT2D eigenvalue weighted by Gasteiger charge is -2.37. The van der Waals surface area contributed by atoms with E-state index in [9.17, 15) is 31.1 Å². The summed E-state index contributed by atoms with van der Waals surface area (Å²) >= 11 is 0. The second kappa shape index (κ2) is 8.10. The zero-order chi connectivity index (χ0) is 22.6. The molecule has 0 aliphatic heterocycles. The van der Waals surface area contributed by atoms with E-state index in [1.807, 2.05) is 0 Å². The summed E-state index contributed by atoms with van der Waals surface area (Å²) in [5, 5.41) is 9.12. The Balaban J connectivity index is 1.14. The third-order valence-corrected chi connectivity index (χ3v) is 8.65. The number of hydrogen-bond donors (Lipinski definition) is 1. The lowest BCUT2D eigenvalue weighted by Crippen LogP contribution is -2.56. The van der Waals surface area contributed by atoms with E-state index in [4.69, 9.17) is 9.84 Å². The van der Waals surface area contributed by atoms with Gasteiger partial charge in [-0.05, 0) is 86.9 Å². The van der Waals surface area contributed by atoms with Gasteiger partial charge in [-0.3, -0.25) is 4.79 Å². The van der Waals surface area contributed by atoms with Crippen molar-refractivity contribution < 1.29 is 41.0 Å². The highest BCUT2D eigenvalue weighted by Crippen LogP contribution is 2.68. The van der Waals surface area contributed by atoms with Crippen molar-refractivity contribution in [2.75, 3.05) is 6.61 Å². The van der Waals surface area contributed by atoms with E-state index < -0.39 is 30.8 Å². The first kappa shape index (κ1) is 23.2. The fourth-order valence-electron chi connectivity index (χ4n) is 7.40. The van der Waals surface area contributed by atoms with Crippen LogP contribution in [0.1, 0.15) is 64.2 Å². The molecular formula is C22H30F6O3. The molecule has 178 valence electrons. The van der Waals surface area contributed by atoms with Gasteiger partial charge in [0, 0.05) is 0 Å². The van der Waals surface area contributed by atoms with Gasteiger partial charge in [-0.15, -0.1) is 0 Å². The van der Waals surface area contributed by atoms with E-state index in [0.29, 0.717) is 30.6 Å². The molecule has 0 saturated heterocycles. The number of ether oxygens (including phenoxy) is 1. The zero-order valence-corrected chi connectivity index (χ0v) is 17.4. The van der Waals surface area contributed by atoms with Crippen molar-refractivity contribution in [3.8, 4) is 0 Å². The van der Waals surface area contributed by atoms with Crippen molar-refractivity contribution in [1.29, 1.82) is 0 Å². The minimum absolute atomic E-state index is 0.0424. The third kappa shape index (κ3) is 3.97. The molecule has 0 amide bonds. The maximum absolute atomic E-state index is 12.6. The molecule has 0 spiro atoms. The van der Waals surface area contributed by atoms with Crippen molar-refractivity contribution in [2.24, 2.45) is 41.4 Å². The van der Waals surface area contributed by atoms with E-state index in [0.717, 1.165) is 30.6 Å². The van der Waals surface area contributed by atoms with Gasteiger partial charge in [-0.2, -0.15) is 26.3 Å². The van der Waals surface area contributed by atoms with Gasteiger partial charge < -0.3 is 9.84 Å². The SMILES string of the molecule is O=C(OCCCCCCC(O)(C(F)(F)F)C(F)(F)F)C1CC2CC1C1C3CCC(C3)C21. The highest BCUT2D eigenvalue weighted by Gasteiger charge is 2.69. The summed E-state index contributed by atoms with van der Waals surface area (Å²) in [6.45, 7) is 0.135. The Morgan fingerprint density at radius 2 is 1.42 bits per heavy atom. The summed E-state index contributed by atoms with van der Waals surface area (Å²) in [7, 11) is 0. The molecule has 4 fully saturated rings. The standard InChI is InChI=1S/C22H30F6O3/c23-21(24,25)20(30,22(26,27)28)7-3-1-2-4-8-31-19(29)16-11-14-10-15(16)18-13-6-5-12(9-13)17(14)18/h12-18,30H,1-11H2. The summed E-state index contributed by atoms with van der Waals surface area (Å²) in [5.41, 5.74) is -4.67. The van der Waals surface area contributed by atoms with Crippen LogP contribution in [-0.2, 0) is 9.53 Å². The van der Waals surface area contributed by atoms with Gasteiger partial charge >= 0.3 is 18.3 Å². The number of aliphatic hydroxyl groups is 1. The molecule has 3 nitrogen and oxygen atoms in total. The number of carbonyl (C=O) groups excluding carboxylic acids is 1. The number of halogens is 6. The first-order valence-electron chi connectivity index (χ1n) is 11.5. The summed E-state index contributed by atoms with van der Waals surface area (Å²) < 4.78 is 81.2. The monoisotopic (exact) mass is 456 g/mol. The Hall–Kier alpha value is -0.990. The maximum Gasteiger partial charge on any atom is 0.426 e. The summed E-state index contributed by atoms with van der Waals surface area (Å²) in [4.78, 5) is 12.6. The smallest absolute Gasteiger partial charge is 0.426 e. The predicted octanol–water partition coefficient (Wildman–Crippen LogP) is 5.65. The summed E-state index contributed by atoms with van der Waals surface area (Å²) in [6, 6.07) is 0. The van der Waals surface area contributed by atoms with E-state index >= 15 is 0 Å². The third-order valence-electron chi connectivity index (χ3n) is 8.65. The predicted molar refractivity (Wildman–Crippen MR) is 98.6 cm³/mol. The second-order valence-electron chi connectivity index (χ2n) is 10.2. The molecule has 0 aromatic carbocycles. The van der Waals surface area contributed by atoms with Gasteiger partial charge in [0.2, 0.25) is 0 Å². The fraction of sp³-hybridized carbons (Fsp3) is 0.955.